The first kappa shape index (κ1) is 18.7. The van der Waals surface area contributed by atoms with Gasteiger partial charge in [-0.15, -0.1) is 0 Å². The number of alkyl halides is 8. The van der Waals surface area contributed by atoms with Gasteiger partial charge in [0.1, 0.15) is 0 Å². The van der Waals surface area contributed by atoms with Gasteiger partial charge >= 0.3 is 5.97 Å². The Labute approximate surface area is 137 Å². The molecule has 4 aliphatic carbocycles. The van der Waals surface area contributed by atoms with Crippen LogP contribution in [0.15, 0.2) is 0 Å². The minimum absolute atomic E-state index is 0.0551. The molecule has 7 unspecified atom stereocenters. The first-order valence-electron chi connectivity index (χ1n) is 7.85. The normalized spacial score (nSPS) is 58.2. The second-order valence-electron chi connectivity index (χ2n) is 7.25. The topological polar surface area (TPSA) is 26.3 Å². The predicted octanol–water partition coefficient (Wildman–Crippen LogP) is 3.56. The highest BCUT2D eigenvalue weighted by Crippen LogP contribution is 2.69. The summed E-state index contributed by atoms with van der Waals surface area (Å²) in [4.78, 5) is 11.9. The van der Waals surface area contributed by atoms with E-state index in [4.69, 9.17) is 0 Å². The van der Waals surface area contributed by atoms with Crippen molar-refractivity contribution in [3.05, 3.63) is 0 Å². The van der Waals surface area contributed by atoms with Crippen molar-refractivity contribution in [2.24, 2.45) is 5.92 Å². The van der Waals surface area contributed by atoms with Gasteiger partial charge in [0.2, 0.25) is 11.3 Å². The lowest BCUT2D eigenvalue weighted by Crippen LogP contribution is -2.93. The van der Waals surface area contributed by atoms with Crippen molar-refractivity contribution >= 4 is 5.97 Å². The summed E-state index contributed by atoms with van der Waals surface area (Å²) in [7, 11) is 0. The van der Waals surface area contributed by atoms with E-state index in [1.807, 2.05) is 0 Å². The predicted molar refractivity (Wildman–Crippen MR) is 68.9 cm³/mol. The fourth-order valence-corrected chi connectivity index (χ4v) is 4.23. The molecule has 25 heavy (non-hydrogen) atoms. The van der Waals surface area contributed by atoms with Gasteiger partial charge in [-0.3, -0.25) is 4.79 Å². The molecule has 0 saturated heterocycles. The first-order valence-corrected chi connectivity index (χ1v) is 7.85. The van der Waals surface area contributed by atoms with Gasteiger partial charge in [-0.1, -0.05) is 13.8 Å². The summed E-state index contributed by atoms with van der Waals surface area (Å²) in [5.74, 6) is -2.51. The first-order chi connectivity index (χ1) is 11.3. The number of esters is 1. The Balaban J connectivity index is 2.19. The molecule has 4 bridgehead atoms. The van der Waals surface area contributed by atoms with Gasteiger partial charge in [-0.05, 0) is 6.42 Å². The largest absolute Gasteiger partial charge is 0.449 e. The van der Waals surface area contributed by atoms with Crippen molar-refractivity contribution < 1.29 is 44.7 Å². The maximum Gasteiger partial charge on any atom is 0.309 e. The molecule has 0 aromatic carbocycles. The average molecular weight is 380 g/mol. The molecule has 0 aromatic rings. The van der Waals surface area contributed by atoms with Crippen LogP contribution in [-0.4, -0.2) is 59.4 Å². The van der Waals surface area contributed by atoms with Crippen molar-refractivity contribution in [1.82, 2.24) is 0 Å². The summed E-state index contributed by atoms with van der Waals surface area (Å²) in [5, 5.41) is 0. The monoisotopic (exact) mass is 380 g/mol. The zero-order chi connectivity index (χ0) is 19.2. The molecule has 144 valence electrons. The standard InChI is InChI=1S/C15H16F8O2/c1-3-5(2)6(24)25-15-9(18)12(21)4-13(22,10(15)19)8(17)14(23,7(12)16)11(15)20/h5,7-11H,3-4H2,1-2H3/t5-,7?,8?,9?,10?,11?,12?,13?,14?,15?/m1/s1. The van der Waals surface area contributed by atoms with Crippen LogP contribution in [0.4, 0.5) is 35.1 Å². The highest BCUT2D eigenvalue weighted by molar-refractivity contribution is 5.73. The molecule has 4 aliphatic rings. The summed E-state index contributed by atoms with van der Waals surface area (Å²) in [6, 6.07) is 0. The lowest BCUT2D eigenvalue weighted by molar-refractivity contribution is -0.382. The number of halogens is 8. The van der Waals surface area contributed by atoms with Crippen LogP contribution in [0.5, 0.6) is 0 Å². The van der Waals surface area contributed by atoms with Gasteiger partial charge in [0, 0.05) is 6.42 Å². The quantitative estimate of drug-likeness (QED) is 0.553. The Bertz CT molecular complexity index is 574. The number of carbonyl (C=O) groups is 1. The highest BCUT2D eigenvalue weighted by Gasteiger charge is 2.94. The summed E-state index contributed by atoms with van der Waals surface area (Å²) < 4.78 is 121. The Hall–Kier alpha value is -1.09. The van der Waals surface area contributed by atoms with E-state index < -0.39 is 71.8 Å². The minimum atomic E-state index is -4.51. The van der Waals surface area contributed by atoms with E-state index in [1.165, 1.54) is 13.8 Å². The Morgan fingerprint density at radius 1 is 0.960 bits per heavy atom. The third-order valence-electron chi connectivity index (χ3n) is 5.87. The summed E-state index contributed by atoms with van der Waals surface area (Å²) in [5.41, 5.74) is -16.6. The SMILES string of the molecule is CC[C@@H](C)C(=O)OC12C(F)C3(F)CC(F)(C(F)C(F)(C3F)C1F)C2F. The molecule has 0 aliphatic heterocycles. The van der Waals surface area contributed by atoms with Crippen molar-refractivity contribution in [3.8, 4) is 0 Å². The summed E-state index contributed by atoms with van der Waals surface area (Å²) in [6.45, 7) is 2.67. The van der Waals surface area contributed by atoms with Crippen molar-refractivity contribution in [2.75, 3.05) is 0 Å². The van der Waals surface area contributed by atoms with Crippen LogP contribution >= 0.6 is 0 Å². The maximum atomic E-state index is 14.8. The minimum Gasteiger partial charge on any atom is -0.449 e. The summed E-state index contributed by atoms with van der Waals surface area (Å²) in [6.07, 6.45) is -20.2. The molecular weight excluding hydrogens is 364 g/mol. The Morgan fingerprint density at radius 2 is 1.40 bits per heavy atom. The van der Waals surface area contributed by atoms with Crippen LogP contribution in [0.25, 0.3) is 0 Å². The fourth-order valence-electron chi connectivity index (χ4n) is 4.23. The lowest BCUT2D eigenvalue weighted by atomic mass is 9.46. The van der Waals surface area contributed by atoms with Crippen molar-refractivity contribution in [1.29, 1.82) is 0 Å². The third kappa shape index (κ3) is 1.74. The number of rotatable bonds is 3. The number of hydrogen-bond acceptors (Lipinski definition) is 2. The smallest absolute Gasteiger partial charge is 0.309 e. The van der Waals surface area contributed by atoms with E-state index in [9.17, 15) is 39.9 Å². The maximum absolute atomic E-state index is 14.8. The highest BCUT2D eigenvalue weighted by atomic mass is 19.2. The van der Waals surface area contributed by atoms with E-state index >= 15 is 0 Å². The molecular formula is C15H16F8O2. The molecule has 4 fully saturated rings. The fraction of sp³-hybridized carbons (Fsp3) is 0.933. The Morgan fingerprint density at radius 3 is 1.80 bits per heavy atom. The molecule has 2 nitrogen and oxygen atoms in total. The van der Waals surface area contributed by atoms with Gasteiger partial charge in [-0.2, -0.15) is 0 Å². The van der Waals surface area contributed by atoms with Crippen LogP contribution in [-0.2, 0) is 9.53 Å². The van der Waals surface area contributed by atoms with E-state index in [2.05, 4.69) is 4.74 Å². The molecule has 4 rings (SSSR count). The third-order valence-corrected chi connectivity index (χ3v) is 5.87. The van der Waals surface area contributed by atoms with Crippen molar-refractivity contribution in [3.63, 3.8) is 0 Å². The molecule has 0 aromatic heterocycles. The number of hydrogen-bond donors (Lipinski definition) is 0. The molecule has 0 radical (unpaired) electrons. The van der Waals surface area contributed by atoms with Crippen LogP contribution in [0, 0.1) is 5.92 Å². The van der Waals surface area contributed by atoms with E-state index in [-0.39, 0.29) is 6.42 Å². The van der Waals surface area contributed by atoms with Gasteiger partial charge in [-0.25, -0.2) is 35.1 Å². The molecule has 10 heteroatoms. The van der Waals surface area contributed by atoms with E-state index in [0.29, 0.717) is 0 Å². The van der Waals surface area contributed by atoms with Crippen LogP contribution in [0.1, 0.15) is 26.7 Å². The molecule has 0 heterocycles. The van der Waals surface area contributed by atoms with E-state index in [0.717, 1.165) is 0 Å². The molecule has 4 saturated carbocycles. The second kappa shape index (κ2) is 5.00. The van der Waals surface area contributed by atoms with Crippen molar-refractivity contribution in [2.45, 2.75) is 80.2 Å². The van der Waals surface area contributed by atoms with Gasteiger partial charge in [0.15, 0.2) is 42.2 Å². The van der Waals surface area contributed by atoms with Crippen LogP contribution in [0.3, 0.4) is 0 Å². The van der Waals surface area contributed by atoms with Gasteiger partial charge in [0.25, 0.3) is 0 Å². The molecule has 0 N–H and O–H groups in total. The zero-order valence-electron chi connectivity index (χ0n) is 13.2. The lowest BCUT2D eigenvalue weighted by Gasteiger charge is -2.67. The second-order valence-corrected chi connectivity index (χ2v) is 7.25. The zero-order valence-corrected chi connectivity index (χ0v) is 13.2. The average Bonchev–Trinajstić information content (AvgIpc) is 2.58. The Kier molecular flexibility index (Phi) is 3.74. The summed E-state index contributed by atoms with van der Waals surface area (Å²) >= 11 is 0. The number of ether oxygens (including phenoxy) is 1. The molecule has 8 atom stereocenters. The molecule has 0 amide bonds. The van der Waals surface area contributed by atoms with Crippen LogP contribution in [0.2, 0.25) is 0 Å². The van der Waals surface area contributed by atoms with Crippen LogP contribution < -0.4 is 0 Å². The van der Waals surface area contributed by atoms with Gasteiger partial charge in [0.05, 0.1) is 5.92 Å². The van der Waals surface area contributed by atoms with Gasteiger partial charge < -0.3 is 4.74 Å². The van der Waals surface area contributed by atoms with E-state index in [1.54, 1.807) is 0 Å². The molecule has 0 spiro atoms. The number of carbonyl (C=O) groups excluding carboxylic acids is 1.